The Morgan fingerprint density at radius 1 is 0.944 bits per heavy atom. The first kappa shape index (κ1) is 13.0. The molecule has 0 N–H and O–H groups in total. The lowest BCUT2D eigenvalue weighted by molar-refractivity contribution is -0.949. The van der Waals surface area contributed by atoms with Crippen molar-refractivity contribution >= 4 is 0 Å². The van der Waals surface area contributed by atoms with Crippen molar-refractivity contribution in [3.05, 3.63) is 0 Å². The van der Waals surface area contributed by atoms with Gasteiger partial charge in [-0.25, -0.2) is 0 Å². The van der Waals surface area contributed by atoms with Gasteiger partial charge in [0.15, 0.2) is 0 Å². The largest absolute Gasteiger partial charge is 0.324 e. The molecule has 0 amide bonds. The highest BCUT2D eigenvalue weighted by atomic mass is 15.4. The Bertz CT molecular complexity index is 339. The molecule has 18 heavy (non-hydrogen) atoms. The van der Waals surface area contributed by atoms with E-state index in [0.29, 0.717) is 16.4 Å². The van der Waals surface area contributed by atoms with Crippen molar-refractivity contribution in [2.24, 2.45) is 16.7 Å². The SMILES string of the molecule is CCC[N+](C)(C)C12CC3CC(C)(CC(C)(C3)C1)C2. The molecule has 4 saturated carbocycles. The van der Waals surface area contributed by atoms with Crippen LogP contribution >= 0.6 is 0 Å². The maximum atomic E-state index is 2.59. The highest BCUT2D eigenvalue weighted by Gasteiger charge is 2.65. The molecule has 1 heteroatoms. The van der Waals surface area contributed by atoms with Gasteiger partial charge >= 0.3 is 0 Å². The molecular weight excluding hydrogens is 218 g/mol. The molecular formula is C17H32N+. The smallest absolute Gasteiger partial charge is 0.100 e. The van der Waals surface area contributed by atoms with Gasteiger partial charge in [0.1, 0.15) is 5.54 Å². The topological polar surface area (TPSA) is 0 Å². The predicted molar refractivity (Wildman–Crippen MR) is 77.4 cm³/mol. The summed E-state index contributed by atoms with van der Waals surface area (Å²) in [6, 6.07) is 0. The first-order valence-corrected chi connectivity index (χ1v) is 8.05. The van der Waals surface area contributed by atoms with Crippen LogP contribution in [0.25, 0.3) is 0 Å². The number of nitrogens with zero attached hydrogens (tertiary/aromatic N) is 1. The highest BCUT2D eigenvalue weighted by Crippen LogP contribution is 2.68. The molecule has 4 rings (SSSR count). The van der Waals surface area contributed by atoms with Gasteiger partial charge in [0.05, 0.1) is 20.6 Å². The first-order valence-electron chi connectivity index (χ1n) is 8.05. The fraction of sp³-hybridized carbons (Fsp3) is 1.00. The van der Waals surface area contributed by atoms with Crippen LogP contribution in [0.1, 0.15) is 65.7 Å². The van der Waals surface area contributed by atoms with Crippen molar-refractivity contribution in [1.82, 2.24) is 0 Å². The van der Waals surface area contributed by atoms with Gasteiger partial charge in [-0.15, -0.1) is 0 Å². The Kier molecular flexibility index (Phi) is 2.55. The van der Waals surface area contributed by atoms with E-state index in [-0.39, 0.29) is 0 Å². The third-order valence-electron chi connectivity index (χ3n) is 6.66. The summed E-state index contributed by atoms with van der Waals surface area (Å²) < 4.78 is 1.28. The van der Waals surface area contributed by atoms with Crippen LogP contribution in [0.15, 0.2) is 0 Å². The summed E-state index contributed by atoms with van der Waals surface area (Å²) in [5.74, 6) is 1.03. The van der Waals surface area contributed by atoms with E-state index in [1.165, 1.54) is 56.0 Å². The van der Waals surface area contributed by atoms with Crippen molar-refractivity contribution < 1.29 is 4.48 Å². The van der Waals surface area contributed by atoms with E-state index in [1.54, 1.807) is 0 Å². The zero-order valence-corrected chi connectivity index (χ0v) is 13.2. The molecule has 0 aromatic heterocycles. The van der Waals surface area contributed by atoms with Crippen LogP contribution in [-0.2, 0) is 0 Å². The quantitative estimate of drug-likeness (QED) is 0.658. The minimum atomic E-state index is 0.610. The Morgan fingerprint density at radius 3 is 1.94 bits per heavy atom. The second-order valence-corrected chi connectivity index (χ2v) is 9.26. The average Bonchev–Trinajstić information content (AvgIpc) is 2.10. The lowest BCUT2D eigenvalue weighted by Gasteiger charge is -2.68. The van der Waals surface area contributed by atoms with E-state index >= 15 is 0 Å². The molecule has 0 spiro atoms. The lowest BCUT2D eigenvalue weighted by Crippen LogP contribution is -2.70. The van der Waals surface area contributed by atoms with Crippen molar-refractivity contribution in [2.45, 2.75) is 71.3 Å². The molecule has 4 bridgehead atoms. The molecule has 4 aliphatic carbocycles. The normalized spacial score (nSPS) is 50.8. The molecule has 104 valence electrons. The van der Waals surface area contributed by atoms with E-state index in [2.05, 4.69) is 34.9 Å². The molecule has 1 nitrogen and oxygen atoms in total. The Hall–Kier alpha value is -0.0400. The molecule has 0 aromatic rings. The van der Waals surface area contributed by atoms with Gasteiger partial charge in [0, 0.05) is 19.3 Å². The number of quaternary nitrogens is 1. The van der Waals surface area contributed by atoms with Crippen LogP contribution in [0.5, 0.6) is 0 Å². The third kappa shape index (κ3) is 1.69. The Balaban J connectivity index is 1.98. The van der Waals surface area contributed by atoms with Gasteiger partial charge in [-0.2, -0.15) is 0 Å². The molecule has 4 fully saturated rings. The molecule has 0 aliphatic heterocycles. The lowest BCUT2D eigenvalue weighted by atomic mass is 9.42. The van der Waals surface area contributed by atoms with Crippen LogP contribution in [0.4, 0.5) is 0 Å². The van der Waals surface area contributed by atoms with E-state index in [1.807, 2.05) is 0 Å². The van der Waals surface area contributed by atoms with Gasteiger partial charge < -0.3 is 4.48 Å². The van der Waals surface area contributed by atoms with Crippen molar-refractivity contribution in [2.75, 3.05) is 20.6 Å². The molecule has 0 aromatic carbocycles. The van der Waals surface area contributed by atoms with E-state index in [4.69, 9.17) is 0 Å². The van der Waals surface area contributed by atoms with Crippen molar-refractivity contribution in [3.8, 4) is 0 Å². The van der Waals surface area contributed by atoms with E-state index in [0.717, 1.165) is 5.92 Å². The summed E-state index contributed by atoms with van der Waals surface area (Å²) in [7, 11) is 5.03. The molecule has 4 aliphatic rings. The monoisotopic (exact) mass is 250 g/mol. The second-order valence-electron chi connectivity index (χ2n) is 9.26. The van der Waals surface area contributed by atoms with Crippen LogP contribution in [0.2, 0.25) is 0 Å². The van der Waals surface area contributed by atoms with E-state index < -0.39 is 0 Å². The van der Waals surface area contributed by atoms with Gasteiger partial charge in [0.2, 0.25) is 0 Å². The van der Waals surface area contributed by atoms with Crippen LogP contribution in [0, 0.1) is 16.7 Å². The number of rotatable bonds is 3. The van der Waals surface area contributed by atoms with E-state index in [9.17, 15) is 0 Å². The highest BCUT2D eigenvalue weighted by molar-refractivity contribution is 5.11. The molecule has 0 heterocycles. The number of hydrogen-bond acceptors (Lipinski definition) is 0. The number of hydrogen-bond donors (Lipinski definition) is 0. The zero-order valence-electron chi connectivity index (χ0n) is 13.2. The standard InChI is InChI=1S/C17H32N/c1-6-7-18(4,5)17-10-14-8-15(2,12-17)11-16(3,9-14)13-17/h14H,6-13H2,1-5H3/q+1. The molecule has 0 saturated heterocycles. The second kappa shape index (κ2) is 3.53. The van der Waals surface area contributed by atoms with Gasteiger partial charge in [0.25, 0.3) is 0 Å². The average molecular weight is 250 g/mol. The summed E-state index contributed by atoms with van der Waals surface area (Å²) in [5, 5.41) is 0. The fourth-order valence-corrected chi connectivity index (χ4v) is 6.86. The summed E-state index contributed by atoms with van der Waals surface area (Å²) >= 11 is 0. The molecule has 2 atom stereocenters. The zero-order chi connectivity index (χ0) is 13.2. The Labute approximate surface area is 114 Å². The van der Waals surface area contributed by atoms with Crippen molar-refractivity contribution in [3.63, 3.8) is 0 Å². The van der Waals surface area contributed by atoms with Gasteiger partial charge in [-0.3, -0.25) is 0 Å². The minimum absolute atomic E-state index is 0.610. The van der Waals surface area contributed by atoms with Crippen LogP contribution in [-0.4, -0.2) is 30.7 Å². The summed E-state index contributed by atoms with van der Waals surface area (Å²) in [6.45, 7) is 8.90. The maximum absolute atomic E-state index is 2.59. The minimum Gasteiger partial charge on any atom is -0.324 e. The summed E-state index contributed by atoms with van der Waals surface area (Å²) in [6.07, 6.45) is 10.4. The fourth-order valence-electron chi connectivity index (χ4n) is 6.86. The summed E-state index contributed by atoms with van der Waals surface area (Å²) in [4.78, 5) is 0. The van der Waals surface area contributed by atoms with Crippen molar-refractivity contribution in [1.29, 1.82) is 0 Å². The predicted octanol–water partition coefficient (Wildman–Crippen LogP) is 4.22. The summed E-state index contributed by atoms with van der Waals surface area (Å²) in [5.41, 5.74) is 1.94. The Morgan fingerprint density at radius 2 is 1.50 bits per heavy atom. The molecule has 2 unspecified atom stereocenters. The maximum Gasteiger partial charge on any atom is 0.100 e. The first-order chi connectivity index (χ1) is 8.22. The third-order valence-corrected chi connectivity index (χ3v) is 6.66. The molecule has 0 radical (unpaired) electrons. The van der Waals surface area contributed by atoms with Gasteiger partial charge in [-0.05, 0) is 42.4 Å². The van der Waals surface area contributed by atoms with Crippen LogP contribution in [0.3, 0.4) is 0 Å². The van der Waals surface area contributed by atoms with Gasteiger partial charge in [-0.1, -0.05) is 20.8 Å². The van der Waals surface area contributed by atoms with Crippen LogP contribution < -0.4 is 0 Å².